The zero-order valence-electron chi connectivity index (χ0n) is 16.0. The highest BCUT2D eigenvalue weighted by molar-refractivity contribution is 7.98. The second kappa shape index (κ2) is 9.62. The second-order valence-electron chi connectivity index (χ2n) is 6.34. The maximum absolute atomic E-state index is 12.4. The van der Waals surface area contributed by atoms with Gasteiger partial charge in [0.15, 0.2) is 0 Å². The zero-order chi connectivity index (χ0) is 20.7. The summed E-state index contributed by atoms with van der Waals surface area (Å²) in [4.78, 5) is 13.6. The Balaban J connectivity index is 1.56. The fourth-order valence-corrected chi connectivity index (χ4v) is 4.03. The van der Waals surface area contributed by atoms with Crippen LogP contribution < -0.4 is 10.0 Å². The predicted molar refractivity (Wildman–Crippen MR) is 120 cm³/mol. The summed E-state index contributed by atoms with van der Waals surface area (Å²) in [7, 11) is -3.33. The fraction of sp³-hybridized carbons (Fsp3) is 0.136. The van der Waals surface area contributed by atoms with Crippen molar-refractivity contribution in [2.75, 3.05) is 15.8 Å². The average Bonchev–Trinajstić information content (AvgIpc) is 2.74. The highest BCUT2D eigenvalue weighted by Gasteiger charge is 2.09. The van der Waals surface area contributed by atoms with E-state index in [0.29, 0.717) is 16.9 Å². The minimum Gasteiger partial charge on any atom is -0.322 e. The first-order valence-electron chi connectivity index (χ1n) is 9.14. The lowest BCUT2D eigenvalue weighted by Gasteiger charge is -2.09. The number of nitrogens with one attached hydrogen (secondary N) is 2. The van der Waals surface area contributed by atoms with Gasteiger partial charge >= 0.3 is 0 Å². The third-order valence-corrected chi connectivity index (χ3v) is 6.55. The Morgan fingerprint density at radius 2 is 1.48 bits per heavy atom. The summed E-state index contributed by atoms with van der Waals surface area (Å²) >= 11 is 1.76. The Morgan fingerprint density at radius 1 is 0.862 bits per heavy atom. The molecule has 0 aliphatic heterocycles. The molecule has 0 radical (unpaired) electrons. The molecule has 0 heterocycles. The van der Waals surface area contributed by atoms with Gasteiger partial charge in [-0.1, -0.05) is 30.3 Å². The van der Waals surface area contributed by atoms with Gasteiger partial charge in [-0.15, -0.1) is 11.8 Å². The molecule has 0 saturated carbocycles. The zero-order valence-corrected chi connectivity index (χ0v) is 17.6. The van der Waals surface area contributed by atoms with Crippen LogP contribution in [0.5, 0.6) is 0 Å². The van der Waals surface area contributed by atoms with Gasteiger partial charge in [0.25, 0.3) is 5.91 Å². The Hall–Kier alpha value is -2.77. The lowest BCUT2D eigenvalue weighted by Crippen LogP contribution is -2.15. The van der Waals surface area contributed by atoms with E-state index in [1.54, 1.807) is 43.0 Å². The van der Waals surface area contributed by atoms with Crippen molar-refractivity contribution in [3.63, 3.8) is 0 Å². The Morgan fingerprint density at radius 3 is 2.10 bits per heavy atom. The molecule has 0 bridgehead atoms. The number of carbonyl (C=O) groups excluding carboxylic acids is 1. The molecule has 0 atom stereocenters. The SMILES string of the molecule is CCS(=O)(=O)Nc1ccc(C(=O)Nc2ccc(CSc3ccccc3)cc2)cc1. The first-order chi connectivity index (χ1) is 13.9. The van der Waals surface area contributed by atoms with Gasteiger partial charge < -0.3 is 5.32 Å². The van der Waals surface area contributed by atoms with Gasteiger partial charge in [-0.05, 0) is 61.0 Å². The molecule has 3 rings (SSSR count). The summed E-state index contributed by atoms with van der Waals surface area (Å²) in [6.45, 7) is 1.57. The summed E-state index contributed by atoms with van der Waals surface area (Å²) in [5.74, 6) is 0.601. The first kappa shape index (κ1) is 21.0. The molecule has 0 fully saturated rings. The van der Waals surface area contributed by atoms with Crippen LogP contribution in [-0.2, 0) is 15.8 Å². The van der Waals surface area contributed by atoms with Crippen LogP contribution in [0.1, 0.15) is 22.8 Å². The van der Waals surface area contributed by atoms with Crippen LogP contribution in [0.15, 0.2) is 83.8 Å². The van der Waals surface area contributed by atoms with E-state index in [1.807, 2.05) is 42.5 Å². The van der Waals surface area contributed by atoms with Crippen molar-refractivity contribution in [2.24, 2.45) is 0 Å². The molecule has 3 aromatic rings. The molecule has 2 N–H and O–H groups in total. The average molecular weight is 427 g/mol. The Bertz CT molecular complexity index is 1050. The third kappa shape index (κ3) is 6.37. The normalized spacial score (nSPS) is 11.1. The number of carbonyl (C=O) groups is 1. The number of rotatable bonds is 8. The van der Waals surface area contributed by atoms with Crippen LogP contribution in [0.3, 0.4) is 0 Å². The van der Waals surface area contributed by atoms with E-state index in [4.69, 9.17) is 0 Å². The monoisotopic (exact) mass is 426 g/mol. The van der Waals surface area contributed by atoms with Crippen LogP contribution in [0.25, 0.3) is 0 Å². The van der Waals surface area contributed by atoms with Crippen LogP contribution in [0, 0.1) is 0 Å². The van der Waals surface area contributed by atoms with Crippen molar-refractivity contribution in [2.45, 2.75) is 17.6 Å². The summed E-state index contributed by atoms with van der Waals surface area (Å²) in [6, 6.07) is 24.3. The maximum Gasteiger partial charge on any atom is 0.255 e. The van der Waals surface area contributed by atoms with E-state index in [2.05, 4.69) is 22.2 Å². The molecule has 29 heavy (non-hydrogen) atoms. The standard InChI is InChI=1S/C22H22N2O3S2/c1-2-29(26,27)24-20-14-10-18(11-15-20)22(25)23-19-12-8-17(9-13-19)16-28-21-6-4-3-5-7-21/h3-15,24H,2,16H2,1H3,(H,23,25). The highest BCUT2D eigenvalue weighted by atomic mass is 32.2. The molecule has 3 aromatic carbocycles. The highest BCUT2D eigenvalue weighted by Crippen LogP contribution is 2.23. The number of sulfonamides is 1. The van der Waals surface area contributed by atoms with E-state index >= 15 is 0 Å². The van der Waals surface area contributed by atoms with E-state index in [0.717, 1.165) is 5.75 Å². The molecule has 0 aliphatic carbocycles. The van der Waals surface area contributed by atoms with Gasteiger partial charge in [-0.25, -0.2) is 8.42 Å². The number of benzene rings is 3. The smallest absolute Gasteiger partial charge is 0.255 e. The quantitative estimate of drug-likeness (QED) is 0.498. The molecule has 1 amide bonds. The van der Waals surface area contributed by atoms with Crippen molar-refractivity contribution in [1.29, 1.82) is 0 Å². The van der Waals surface area contributed by atoms with Crippen LogP contribution in [0.4, 0.5) is 11.4 Å². The molecule has 0 saturated heterocycles. The summed E-state index contributed by atoms with van der Waals surface area (Å²) in [5, 5.41) is 2.85. The van der Waals surface area contributed by atoms with Gasteiger partial charge in [0.2, 0.25) is 10.0 Å². The van der Waals surface area contributed by atoms with Gasteiger partial charge in [0.05, 0.1) is 5.75 Å². The molecule has 0 unspecified atom stereocenters. The summed E-state index contributed by atoms with van der Waals surface area (Å²) in [5.41, 5.74) is 2.76. The topological polar surface area (TPSA) is 75.3 Å². The molecule has 0 aliphatic rings. The number of thioether (sulfide) groups is 1. The summed E-state index contributed by atoms with van der Waals surface area (Å²) in [6.07, 6.45) is 0. The third-order valence-electron chi connectivity index (χ3n) is 4.16. The lowest BCUT2D eigenvalue weighted by molar-refractivity contribution is 0.102. The van der Waals surface area contributed by atoms with Crippen molar-refractivity contribution in [1.82, 2.24) is 0 Å². The van der Waals surface area contributed by atoms with E-state index in [1.165, 1.54) is 10.5 Å². The molecule has 150 valence electrons. The number of amides is 1. The number of hydrogen-bond donors (Lipinski definition) is 2. The molecular formula is C22H22N2O3S2. The number of anilines is 2. The number of hydrogen-bond acceptors (Lipinski definition) is 4. The predicted octanol–water partition coefficient (Wildman–Crippen LogP) is 4.99. The van der Waals surface area contributed by atoms with Crippen molar-refractivity contribution in [3.8, 4) is 0 Å². The first-order valence-corrected chi connectivity index (χ1v) is 11.8. The van der Waals surface area contributed by atoms with Gasteiger partial charge in [0.1, 0.15) is 0 Å². The minimum atomic E-state index is -3.33. The largest absolute Gasteiger partial charge is 0.322 e. The van der Waals surface area contributed by atoms with Crippen LogP contribution >= 0.6 is 11.8 Å². The van der Waals surface area contributed by atoms with Gasteiger partial charge in [-0.3, -0.25) is 9.52 Å². The Labute approximate surface area is 175 Å². The molecule has 0 aromatic heterocycles. The fourth-order valence-electron chi connectivity index (χ4n) is 2.51. The van der Waals surface area contributed by atoms with Crippen molar-refractivity contribution in [3.05, 3.63) is 90.0 Å². The van der Waals surface area contributed by atoms with Crippen molar-refractivity contribution >= 4 is 39.1 Å². The van der Waals surface area contributed by atoms with Crippen molar-refractivity contribution < 1.29 is 13.2 Å². The van der Waals surface area contributed by atoms with Gasteiger partial charge in [-0.2, -0.15) is 0 Å². The van der Waals surface area contributed by atoms with Crippen LogP contribution in [0.2, 0.25) is 0 Å². The van der Waals surface area contributed by atoms with Crippen LogP contribution in [-0.4, -0.2) is 20.1 Å². The summed E-state index contributed by atoms with van der Waals surface area (Å²) < 4.78 is 25.6. The lowest BCUT2D eigenvalue weighted by atomic mass is 10.2. The molecule has 0 spiro atoms. The van der Waals surface area contributed by atoms with E-state index in [9.17, 15) is 13.2 Å². The molecule has 7 heteroatoms. The van der Waals surface area contributed by atoms with E-state index in [-0.39, 0.29) is 11.7 Å². The molecule has 5 nitrogen and oxygen atoms in total. The second-order valence-corrected chi connectivity index (χ2v) is 9.40. The maximum atomic E-state index is 12.4. The van der Waals surface area contributed by atoms with E-state index < -0.39 is 10.0 Å². The van der Waals surface area contributed by atoms with Gasteiger partial charge in [0, 0.05) is 27.6 Å². The minimum absolute atomic E-state index is 0.00487. The Kier molecular flexibility index (Phi) is 6.95. The molecular weight excluding hydrogens is 404 g/mol.